The number of piperazine rings is 1. The van der Waals surface area contributed by atoms with Crippen LogP contribution in [0.2, 0.25) is 0 Å². The van der Waals surface area contributed by atoms with Gasteiger partial charge in [-0.3, -0.25) is 9.59 Å². The second-order valence-electron chi connectivity index (χ2n) is 9.20. The zero-order valence-corrected chi connectivity index (χ0v) is 19.7. The summed E-state index contributed by atoms with van der Waals surface area (Å²) in [5.41, 5.74) is 0.442. The van der Waals surface area contributed by atoms with Crippen LogP contribution in [0.25, 0.3) is 0 Å². The first kappa shape index (κ1) is 25.0. The third-order valence-corrected chi connectivity index (χ3v) is 6.81. The van der Waals surface area contributed by atoms with Crippen LogP contribution in [0.3, 0.4) is 0 Å². The highest BCUT2D eigenvalue weighted by atomic mass is 19.4. The number of hydrogen-bond donors (Lipinski definition) is 0. The molecule has 1 aromatic heterocycles. The lowest BCUT2D eigenvalue weighted by Crippen LogP contribution is -2.53. The van der Waals surface area contributed by atoms with Crippen LogP contribution in [0.1, 0.15) is 36.8 Å². The number of aryl methyl sites for hydroxylation is 1. The molecule has 0 aliphatic carbocycles. The van der Waals surface area contributed by atoms with E-state index in [1.807, 2.05) is 23.1 Å². The molecule has 9 heteroatoms. The zero-order valence-electron chi connectivity index (χ0n) is 19.7. The van der Waals surface area contributed by atoms with Crippen molar-refractivity contribution in [1.29, 1.82) is 0 Å². The molecule has 2 amide bonds. The Morgan fingerprint density at radius 1 is 0.943 bits per heavy atom. The highest BCUT2D eigenvalue weighted by molar-refractivity contribution is 5.81. The van der Waals surface area contributed by atoms with E-state index in [1.165, 1.54) is 17.8 Å². The summed E-state index contributed by atoms with van der Waals surface area (Å²) in [5, 5.41) is 0. The Bertz CT molecular complexity index is 1010. The van der Waals surface area contributed by atoms with Crippen molar-refractivity contribution in [2.75, 3.05) is 44.2 Å². The number of amides is 2. The Hall–Kier alpha value is -3.10. The van der Waals surface area contributed by atoms with E-state index >= 15 is 0 Å². The van der Waals surface area contributed by atoms with Gasteiger partial charge in [0.2, 0.25) is 11.8 Å². The van der Waals surface area contributed by atoms with E-state index < -0.39 is 11.7 Å². The number of aromatic nitrogens is 1. The fourth-order valence-electron chi connectivity index (χ4n) is 4.92. The number of halogens is 3. The van der Waals surface area contributed by atoms with Crippen LogP contribution in [0.5, 0.6) is 0 Å². The molecule has 1 aromatic carbocycles. The molecule has 6 nitrogen and oxygen atoms in total. The van der Waals surface area contributed by atoms with Crippen LogP contribution in [0, 0.1) is 5.92 Å². The number of pyridine rings is 1. The van der Waals surface area contributed by atoms with Gasteiger partial charge in [0, 0.05) is 51.9 Å². The van der Waals surface area contributed by atoms with Crippen molar-refractivity contribution in [3.8, 4) is 0 Å². The fourth-order valence-corrected chi connectivity index (χ4v) is 4.92. The minimum atomic E-state index is -4.50. The molecule has 1 unspecified atom stereocenters. The van der Waals surface area contributed by atoms with E-state index in [1.54, 1.807) is 9.80 Å². The summed E-state index contributed by atoms with van der Waals surface area (Å²) in [6.07, 6.45) is 0.248. The monoisotopic (exact) mass is 488 g/mol. The molecular weight excluding hydrogens is 457 g/mol. The lowest BCUT2D eigenvalue weighted by Gasteiger charge is -2.39. The molecule has 4 rings (SSSR count). The van der Waals surface area contributed by atoms with Gasteiger partial charge < -0.3 is 14.7 Å². The van der Waals surface area contributed by atoms with Crippen molar-refractivity contribution in [3.05, 3.63) is 59.8 Å². The molecule has 0 bridgehead atoms. The van der Waals surface area contributed by atoms with Crippen molar-refractivity contribution >= 4 is 17.6 Å². The Morgan fingerprint density at radius 3 is 2.37 bits per heavy atom. The number of rotatable bonds is 6. The van der Waals surface area contributed by atoms with E-state index in [-0.39, 0.29) is 30.1 Å². The summed E-state index contributed by atoms with van der Waals surface area (Å²) in [5.74, 6) is -0.426. The Kier molecular flexibility index (Phi) is 7.93. The van der Waals surface area contributed by atoms with E-state index in [9.17, 15) is 22.8 Å². The van der Waals surface area contributed by atoms with Crippen molar-refractivity contribution in [2.24, 2.45) is 5.92 Å². The maximum Gasteiger partial charge on any atom is 0.419 e. The van der Waals surface area contributed by atoms with Crippen LogP contribution in [-0.2, 0) is 22.2 Å². The molecule has 0 spiro atoms. The van der Waals surface area contributed by atoms with Crippen LogP contribution in [0.4, 0.5) is 19.0 Å². The van der Waals surface area contributed by atoms with Crippen molar-refractivity contribution in [1.82, 2.24) is 14.8 Å². The van der Waals surface area contributed by atoms with Crippen molar-refractivity contribution < 1.29 is 22.8 Å². The Morgan fingerprint density at radius 2 is 1.66 bits per heavy atom. The smallest absolute Gasteiger partial charge is 0.355 e. The molecular formula is C26H31F3N4O2. The minimum Gasteiger partial charge on any atom is -0.355 e. The molecule has 3 heterocycles. The quantitative estimate of drug-likeness (QED) is 0.617. The third kappa shape index (κ3) is 6.32. The first-order chi connectivity index (χ1) is 16.8. The second kappa shape index (κ2) is 11.1. The van der Waals surface area contributed by atoms with Gasteiger partial charge in [0.25, 0.3) is 0 Å². The van der Waals surface area contributed by atoms with Crippen molar-refractivity contribution in [2.45, 2.75) is 38.3 Å². The number of carbonyl (C=O) groups excluding carboxylic acids is 2. The third-order valence-electron chi connectivity index (χ3n) is 6.81. The first-order valence-electron chi connectivity index (χ1n) is 12.2. The average molecular weight is 489 g/mol. The lowest BCUT2D eigenvalue weighted by molar-refractivity contribution is -0.142. The second-order valence-corrected chi connectivity index (χ2v) is 9.20. The number of benzene rings is 1. The van der Waals surface area contributed by atoms with Gasteiger partial charge in [-0.15, -0.1) is 0 Å². The molecule has 188 valence electrons. The molecule has 0 saturated carbocycles. The van der Waals surface area contributed by atoms with E-state index in [0.717, 1.165) is 18.9 Å². The number of alkyl halides is 3. The standard InChI is InChI=1S/C26H31F3N4O2/c27-26(28,29)22-11-5-13-30-24(22)33-14-6-10-21(19-33)25(35)32-17-15-31(16-18-32)23(34)12-4-9-20-7-2-1-3-8-20/h1-3,5,7-8,11,13,21H,4,6,9-10,12,14-19H2. The van der Waals surface area contributed by atoms with E-state index in [0.29, 0.717) is 52.0 Å². The van der Waals surface area contributed by atoms with Gasteiger partial charge in [-0.25, -0.2) is 4.98 Å². The maximum atomic E-state index is 13.4. The molecule has 0 N–H and O–H groups in total. The molecule has 2 aliphatic rings. The number of hydrogen-bond acceptors (Lipinski definition) is 4. The van der Waals surface area contributed by atoms with Gasteiger partial charge in [-0.05, 0) is 43.4 Å². The summed E-state index contributed by atoms with van der Waals surface area (Å²) in [7, 11) is 0. The number of anilines is 1. The van der Waals surface area contributed by atoms with Crippen LogP contribution in [0.15, 0.2) is 48.7 Å². The van der Waals surface area contributed by atoms with E-state index in [2.05, 4.69) is 17.1 Å². The zero-order chi connectivity index (χ0) is 24.8. The summed E-state index contributed by atoms with van der Waals surface area (Å²) < 4.78 is 40.3. The number of carbonyl (C=O) groups is 2. The topological polar surface area (TPSA) is 56.8 Å². The molecule has 2 fully saturated rings. The number of nitrogens with zero attached hydrogens (tertiary/aromatic N) is 4. The fraction of sp³-hybridized carbons (Fsp3) is 0.500. The van der Waals surface area contributed by atoms with Crippen LogP contribution in [-0.4, -0.2) is 65.9 Å². The van der Waals surface area contributed by atoms with Crippen molar-refractivity contribution in [3.63, 3.8) is 0 Å². The van der Waals surface area contributed by atoms with Gasteiger partial charge in [0.15, 0.2) is 0 Å². The number of piperidine rings is 1. The molecule has 35 heavy (non-hydrogen) atoms. The molecule has 0 radical (unpaired) electrons. The maximum absolute atomic E-state index is 13.4. The average Bonchev–Trinajstić information content (AvgIpc) is 2.88. The van der Waals surface area contributed by atoms with Gasteiger partial charge in [0.05, 0.1) is 11.5 Å². The van der Waals surface area contributed by atoms with Gasteiger partial charge >= 0.3 is 6.18 Å². The Balaban J connectivity index is 1.27. The van der Waals surface area contributed by atoms with Crippen LogP contribution < -0.4 is 4.90 Å². The molecule has 2 saturated heterocycles. The largest absolute Gasteiger partial charge is 0.419 e. The highest BCUT2D eigenvalue weighted by Gasteiger charge is 2.38. The molecule has 2 aliphatic heterocycles. The van der Waals surface area contributed by atoms with Gasteiger partial charge in [-0.2, -0.15) is 13.2 Å². The normalized spacial score (nSPS) is 19.1. The summed E-state index contributed by atoms with van der Waals surface area (Å²) >= 11 is 0. The SMILES string of the molecule is O=C(CCCc1ccccc1)N1CCN(C(=O)C2CCCN(c3ncccc3C(F)(F)F)C2)CC1. The van der Waals surface area contributed by atoms with Crippen LogP contribution >= 0.6 is 0 Å². The lowest BCUT2D eigenvalue weighted by atomic mass is 9.95. The molecule has 2 aromatic rings. The highest BCUT2D eigenvalue weighted by Crippen LogP contribution is 2.36. The van der Waals surface area contributed by atoms with Gasteiger partial charge in [0.1, 0.15) is 5.82 Å². The molecule has 1 atom stereocenters. The summed E-state index contributed by atoms with van der Waals surface area (Å²) in [6.45, 7) is 2.55. The first-order valence-corrected chi connectivity index (χ1v) is 12.2. The minimum absolute atomic E-state index is 0.0460. The van der Waals surface area contributed by atoms with Gasteiger partial charge in [-0.1, -0.05) is 30.3 Å². The summed E-state index contributed by atoms with van der Waals surface area (Å²) in [4.78, 5) is 34.9. The predicted molar refractivity (Wildman–Crippen MR) is 127 cm³/mol. The Labute approximate surface area is 203 Å². The predicted octanol–water partition coefficient (Wildman–Crippen LogP) is 4.01. The summed E-state index contributed by atoms with van der Waals surface area (Å²) in [6, 6.07) is 12.4. The van der Waals surface area contributed by atoms with E-state index in [4.69, 9.17) is 0 Å².